The fourth-order valence-electron chi connectivity index (χ4n) is 1.15. The van der Waals surface area contributed by atoms with Gasteiger partial charge < -0.3 is 14.8 Å². The van der Waals surface area contributed by atoms with E-state index in [9.17, 15) is 4.79 Å². The molecule has 0 spiro atoms. The van der Waals surface area contributed by atoms with Crippen LogP contribution in [0.25, 0.3) is 0 Å². The summed E-state index contributed by atoms with van der Waals surface area (Å²) in [4.78, 5) is 11.0. The number of benzene rings is 1. The molecule has 0 bridgehead atoms. The van der Waals surface area contributed by atoms with Gasteiger partial charge in [-0.15, -0.1) is 0 Å². The van der Waals surface area contributed by atoms with E-state index in [1.807, 2.05) is 19.1 Å². The Morgan fingerprint density at radius 2 is 1.88 bits per heavy atom. The fourth-order valence-corrected chi connectivity index (χ4v) is 1.15. The second-order valence-electron chi connectivity index (χ2n) is 3.77. The SMILES string of the molecule is CCC(C)Oc1ccc(OCC(=O)NC)cc1. The third-order valence-electron chi connectivity index (χ3n) is 2.38. The third-order valence-corrected chi connectivity index (χ3v) is 2.38. The summed E-state index contributed by atoms with van der Waals surface area (Å²) >= 11 is 0. The van der Waals surface area contributed by atoms with Gasteiger partial charge in [-0.3, -0.25) is 4.79 Å². The van der Waals surface area contributed by atoms with E-state index in [-0.39, 0.29) is 18.6 Å². The molecule has 1 aromatic carbocycles. The van der Waals surface area contributed by atoms with E-state index in [0.717, 1.165) is 12.2 Å². The Bertz CT molecular complexity index is 348. The molecule has 1 atom stereocenters. The van der Waals surface area contributed by atoms with E-state index in [1.165, 1.54) is 0 Å². The molecule has 0 radical (unpaired) electrons. The third kappa shape index (κ3) is 4.76. The standard InChI is InChI=1S/C13H19NO3/c1-4-10(2)17-12-7-5-11(6-8-12)16-9-13(15)14-3/h5-8,10H,4,9H2,1-3H3,(H,14,15). The Morgan fingerprint density at radius 3 is 2.41 bits per heavy atom. The zero-order chi connectivity index (χ0) is 12.7. The maximum absolute atomic E-state index is 11.0. The number of carbonyl (C=O) groups excluding carboxylic acids is 1. The van der Waals surface area contributed by atoms with Crippen LogP contribution in [0.3, 0.4) is 0 Å². The molecule has 4 nitrogen and oxygen atoms in total. The summed E-state index contributed by atoms with van der Waals surface area (Å²) in [5, 5.41) is 2.49. The van der Waals surface area contributed by atoms with Crippen LogP contribution in [0, 0.1) is 0 Å². The molecule has 0 aromatic heterocycles. The second kappa shape index (κ2) is 6.78. The number of hydrogen-bond donors (Lipinski definition) is 1. The molecule has 1 aromatic rings. The Hall–Kier alpha value is -1.71. The molecule has 1 rings (SSSR count). The van der Waals surface area contributed by atoms with Crippen molar-refractivity contribution < 1.29 is 14.3 Å². The molecule has 0 saturated heterocycles. The maximum atomic E-state index is 11.0. The van der Waals surface area contributed by atoms with Gasteiger partial charge in [0.25, 0.3) is 5.91 Å². The molecule has 4 heteroatoms. The first-order valence-electron chi connectivity index (χ1n) is 5.75. The van der Waals surface area contributed by atoms with Crippen LogP contribution >= 0.6 is 0 Å². The van der Waals surface area contributed by atoms with Crippen molar-refractivity contribution in [1.82, 2.24) is 5.32 Å². The first-order chi connectivity index (χ1) is 8.15. The lowest BCUT2D eigenvalue weighted by molar-refractivity contribution is -0.122. The largest absolute Gasteiger partial charge is 0.491 e. The summed E-state index contributed by atoms with van der Waals surface area (Å²) in [5.41, 5.74) is 0. The number of hydrogen-bond acceptors (Lipinski definition) is 3. The fraction of sp³-hybridized carbons (Fsp3) is 0.462. The number of carbonyl (C=O) groups is 1. The molecule has 0 aliphatic rings. The van der Waals surface area contributed by atoms with Crippen LogP contribution in [-0.2, 0) is 4.79 Å². The molecule has 1 N–H and O–H groups in total. The number of nitrogens with one attached hydrogen (secondary N) is 1. The normalized spacial score (nSPS) is 11.7. The van der Waals surface area contributed by atoms with Crippen LogP contribution in [-0.4, -0.2) is 25.7 Å². The minimum absolute atomic E-state index is 0.0298. The van der Waals surface area contributed by atoms with Gasteiger partial charge in [0, 0.05) is 7.05 Å². The average molecular weight is 237 g/mol. The Morgan fingerprint density at radius 1 is 1.29 bits per heavy atom. The van der Waals surface area contributed by atoms with Gasteiger partial charge in [0.05, 0.1) is 6.10 Å². The van der Waals surface area contributed by atoms with Crippen LogP contribution in [0.4, 0.5) is 0 Å². The van der Waals surface area contributed by atoms with Gasteiger partial charge in [-0.25, -0.2) is 0 Å². The van der Waals surface area contributed by atoms with Gasteiger partial charge in [-0.2, -0.15) is 0 Å². The van der Waals surface area contributed by atoms with E-state index in [2.05, 4.69) is 12.2 Å². The van der Waals surface area contributed by atoms with E-state index in [1.54, 1.807) is 19.2 Å². The Kier molecular flexibility index (Phi) is 5.33. The molecule has 17 heavy (non-hydrogen) atoms. The molecular weight excluding hydrogens is 218 g/mol. The predicted octanol–water partition coefficient (Wildman–Crippen LogP) is 1.99. The summed E-state index contributed by atoms with van der Waals surface area (Å²) in [6.45, 7) is 4.13. The van der Waals surface area contributed by atoms with Crippen molar-refractivity contribution in [3.05, 3.63) is 24.3 Å². The lowest BCUT2D eigenvalue weighted by Crippen LogP contribution is -2.24. The lowest BCUT2D eigenvalue weighted by atomic mass is 10.3. The lowest BCUT2D eigenvalue weighted by Gasteiger charge is -2.12. The highest BCUT2D eigenvalue weighted by molar-refractivity contribution is 5.77. The first kappa shape index (κ1) is 13.4. The number of rotatable bonds is 6. The van der Waals surface area contributed by atoms with Gasteiger partial charge in [-0.1, -0.05) is 6.92 Å². The van der Waals surface area contributed by atoms with Crippen molar-refractivity contribution in [2.45, 2.75) is 26.4 Å². The van der Waals surface area contributed by atoms with E-state index < -0.39 is 0 Å². The molecule has 1 amide bonds. The quantitative estimate of drug-likeness (QED) is 0.823. The second-order valence-corrected chi connectivity index (χ2v) is 3.77. The number of amides is 1. The molecular formula is C13H19NO3. The smallest absolute Gasteiger partial charge is 0.257 e. The van der Waals surface area contributed by atoms with Gasteiger partial charge in [0.1, 0.15) is 11.5 Å². The minimum Gasteiger partial charge on any atom is -0.491 e. The maximum Gasteiger partial charge on any atom is 0.257 e. The van der Waals surface area contributed by atoms with Gasteiger partial charge in [0.15, 0.2) is 6.61 Å². The van der Waals surface area contributed by atoms with Crippen LogP contribution in [0.1, 0.15) is 20.3 Å². The molecule has 94 valence electrons. The summed E-state index contributed by atoms with van der Waals surface area (Å²) in [7, 11) is 1.58. The summed E-state index contributed by atoms with van der Waals surface area (Å²) in [5.74, 6) is 1.32. The molecule has 0 aliphatic heterocycles. The zero-order valence-electron chi connectivity index (χ0n) is 10.5. The highest BCUT2D eigenvalue weighted by Crippen LogP contribution is 2.19. The zero-order valence-corrected chi connectivity index (χ0v) is 10.5. The van der Waals surface area contributed by atoms with Crippen molar-refractivity contribution in [3.63, 3.8) is 0 Å². The van der Waals surface area contributed by atoms with Crippen LogP contribution in [0.15, 0.2) is 24.3 Å². The Labute approximate surface area is 102 Å². The van der Waals surface area contributed by atoms with Crippen molar-refractivity contribution in [2.24, 2.45) is 0 Å². The average Bonchev–Trinajstić information content (AvgIpc) is 2.37. The van der Waals surface area contributed by atoms with Gasteiger partial charge in [0.2, 0.25) is 0 Å². The van der Waals surface area contributed by atoms with E-state index >= 15 is 0 Å². The number of ether oxygens (including phenoxy) is 2. The van der Waals surface area contributed by atoms with Crippen LogP contribution in [0.2, 0.25) is 0 Å². The summed E-state index contributed by atoms with van der Waals surface area (Å²) in [6.07, 6.45) is 1.17. The molecule has 0 heterocycles. The Balaban J connectivity index is 2.47. The molecule has 0 fully saturated rings. The monoisotopic (exact) mass is 237 g/mol. The van der Waals surface area contributed by atoms with Crippen molar-refractivity contribution >= 4 is 5.91 Å². The predicted molar refractivity (Wildman–Crippen MR) is 66.4 cm³/mol. The van der Waals surface area contributed by atoms with Crippen molar-refractivity contribution in [2.75, 3.05) is 13.7 Å². The molecule has 0 saturated carbocycles. The van der Waals surface area contributed by atoms with E-state index in [4.69, 9.17) is 9.47 Å². The molecule has 0 aliphatic carbocycles. The first-order valence-corrected chi connectivity index (χ1v) is 5.75. The topological polar surface area (TPSA) is 47.6 Å². The van der Waals surface area contributed by atoms with E-state index in [0.29, 0.717) is 5.75 Å². The number of likely N-dealkylation sites (N-methyl/N-ethyl adjacent to an activating group) is 1. The van der Waals surface area contributed by atoms with Gasteiger partial charge in [-0.05, 0) is 37.6 Å². The van der Waals surface area contributed by atoms with Crippen molar-refractivity contribution in [3.8, 4) is 11.5 Å². The van der Waals surface area contributed by atoms with Crippen molar-refractivity contribution in [1.29, 1.82) is 0 Å². The van der Waals surface area contributed by atoms with Crippen LogP contribution < -0.4 is 14.8 Å². The minimum atomic E-state index is -0.148. The highest BCUT2D eigenvalue weighted by Gasteiger charge is 2.02. The highest BCUT2D eigenvalue weighted by atomic mass is 16.5. The van der Waals surface area contributed by atoms with Crippen LogP contribution in [0.5, 0.6) is 11.5 Å². The van der Waals surface area contributed by atoms with Gasteiger partial charge >= 0.3 is 0 Å². The molecule has 1 unspecified atom stereocenters. The summed E-state index contributed by atoms with van der Waals surface area (Å²) in [6, 6.07) is 7.26. The summed E-state index contributed by atoms with van der Waals surface area (Å²) < 4.78 is 10.9.